The molecule has 3 nitrogen and oxygen atoms in total. The van der Waals surface area contributed by atoms with Gasteiger partial charge in [-0.1, -0.05) is 36.4 Å². The molecule has 0 amide bonds. The largest absolute Gasteiger partial charge is 0.488 e. The standard InChI is InChI=1S/C13H12BFO3/c15-12-3-1-2-10(8-12)13(16)9-4-6-11(7-5-9)14(17)18/h1-8,13,16-18H/t13-/m1/s1. The summed E-state index contributed by atoms with van der Waals surface area (Å²) in [6.07, 6.45) is -0.939. The van der Waals surface area contributed by atoms with E-state index in [1.165, 1.54) is 30.3 Å². The molecule has 0 bridgehead atoms. The smallest absolute Gasteiger partial charge is 0.423 e. The van der Waals surface area contributed by atoms with Gasteiger partial charge in [0.25, 0.3) is 0 Å². The summed E-state index contributed by atoms with van der Waals surface area (Å²) in [6, 6.07) is 11.9. The van der Waals surface area contributed by atoms with Crippen LogP contribution in [0.3, 0.4) is 0 Å². The van der Waals surface area contributed by atoms with Crippen molar-refractivity contribution in [2.45, 2.75) is 6.10 Å². The highest BCUT2D eigenvalue weighted by Gasteiger charge is 2.14. The van der Waals surface area contributed by atoms with Crippen LogP contribution in [0, 0.1) is 5.82 Å². The number of rotatable bonds is 3. The first-order valence-electron chi connectivity index (χ1n) is 5.47. The van der Waals surface area contributed by atoms with Gasteiger partial charge in [0.05, 0.1) is 0 Å². The van der Waals surface area contributed by atoms with Crippen LogP contribution in [-0.4, -0.2) is 22.3 Å². The Hall–Kier alpha value is -1.69. The van der Waals surface area contributed by atoms with Crippen molar-refractivity contribution in [1.29, 1.82) is 0 Å². The van der Waals surface area contributed by atoms with Crippen LogP contribution in [0.4, 0.5) is 4.39 Å². The highest BCUT2D eigenvalue weighted by molar-refractivity contribution is 6.58. The highest BCUT2D eigenvalue weighted by Crippen LogP contribution is 2.21. The van der Waals surface area contributed by atoms with Crippen LogP contribution in [0.15, 0.2) is 48.5 Å². The third-order valence-corrected chi connectivity index (χ3v) is 2.71. The van der Waals surface area contributed by atoms with Crippen molar-refractivity contribution in [3.05, 3.63) is 65.5 Å². The molecule has 5 heteroatoms. The Labute approximate surface area is 104 Å². The predicted molar refractivity (Wildman–Crippen MR) is 66.7 cm³/mol. The Morgan fingerprint density at radius 2 is 1.61 bits per heavy atom. The van der Waals surface area contributed by atoms with E-state index in [-0.39, 0.29) is 0 Å². The van der Waals surface area contributed by atoms with Gasteiger partial charge in [-0.3, -0.25) is 0 Å². The monoisotopic (exact) mass is 246 g/mol. The van der Waals surface area contributed by atoms with E-state index in [0.717, 1.165) is 0 Å². The van der Waals surface area contributed by atoms with Crippen LogP contribution in [0.5, 0.6) is 0 Å². The quantitative estimate of drug-likeness (QED) is 0.694. The average Bonchev–Trinajstić information content (AvgIpc) is 2.38. The topological polar surface area (TPSA) is 60.7 Å². The number of halogens is 1. The number of hydrogen-bond donors (Lipinski definition) is 3. The molecule has 3 N–H and O–H groups in total. The Morgan fingerprint density at radius 3 is 2.17 bits per heavy atom. The zero-order valence-electron chi connectivity index (χ0n) is 9.49. The summed E-state index contributed by atoms with van der Waals surface area (Å²) in [6.45, 7) is 0. The summed E-state index contributed by atoms with van der Waals surface area (Å²) in [7, 11) is -1.54. The molecule has 0 spiro atoms. The fraction of sp³-hybridized carbons (Fsp3) is 0.0769. The first kappa shape index (κ1) is 12.8. The second-order valence-corrected chi connectivity index (χ2v) is 4.00. The normalized spacial score (nSPS) is 12.2. The minimum Gasteiger partial charge on any atom is -0.423 e. The van der Waals surface area contributed by atoms with Crippen molar-refractivity contribution in [3.8, 4) is 0 Å². The Morgan fingerprint density at radius 1 is 0.944 bits per heavy atom. The Kier molecular flexibility index (Phi) is 3.76. The molecule has 0 saturated heterocycles. The molecular formula is C13H12BFO3. The van der Waals surface area contributed by atoms with E-state index < -0.39 is 19.0 Å². The second-order valence-electron chi connectivity index (χ2n) is 4.00. The van der Waals surface area contributed by atoms with Gasteiger partial charge in [-0.2, -0.15) is 0 Å². The van der Waals surface area contributed by atoms with E-state index in [4.69, 9.17) is 10.0 Å². The minimum absolute atomic E-state index is 0.338. The van der Waals surface area contributed by atoms with Crippen molar-refractivity contribution in [3.63, 3.8) is 0 Å². The van der Waals surface area contributed by atoms with Crippen LogP contribution in [0.1, 0.15) is 17.2 Å². The molecule has 2 aromatic carbocycles. The van der Waals surface area contributed by atoms with Crippen LogP contribution < -0.4 is 5.46 Å². The molecule has 0 aliphatic rings. The van der Waals surface area contributed by atoms with E-state index in [0.29, 0.717) is 16.6 Å². The van der Waals surface area contributed by atoms with Gasteiger partial charge in [0.1, 0.15) is 11.9 Å². The first-order valence-corrected chi connectivity index (χ1v) is 5.47. The SMILES string of the molecule is OB(O)c1ccc([C@@H](O)c2cccc(F)c2)cc1. The van der Waals surface area contributed by atoms with Crippen molar-refractivity contribution in [1.82, 2.24) is 0 Å². The molecule has 0 aliphatic heterocycles. The fourth-order valence-corrected chi connectivity index (χ4v) is 1.72. The highest BCUT2D eigenvalue weighted by atomic mass is 19.1. The molecule has 0 aliphatic carbocycles. The summed E-state index contributed by atoms with van der Waals surface area (Å²) in [5.74, 6) is -0.408. The van der Waals surface area contributed by atoms with Crippen molar-refractivity contribution >= 4 is 12.6 Å². The molecule has 92 valence electrons. The van der Waals surface area contributed by atoms with Gasteiger partial charge >= 0.3 is 7.12 Å². The lowest BCUT2D eigenvalue weighted by atomic mass is 9.80. The zero-order chi connectivity index (χ0) is 13.1. The van der Waals surface area contributed by atoms with Gasteiger partial charge in [-0.25, -0.2) is 4.39 Å². The minimum atomic E-state index is -1.54. The molecule has 1 atom stereocenters. The third-order valence-electron chi connectivity index (χ3n) is 2.71. The van der Waals surface area contributed by atoms with Crippen molar-refractivity contribution in [2.24, 2.45) is 0 Å². The van der Waals surface area contributed by atoms with Gasteiger partial charge in [0.15, 0.2) is 0 Å². The predicted octanol–water partition coefficient (Wildman–Crippen LogP) is 0.587. The maximum atomic E-state index is 13.0. The molecule has 0 aromatic heterocycles. The molecule has 0 heterocycles. The summed E-state index contributed by atoms with van der Waals surface area (Å²) in [5, 5.41) is 28.0. The molecule has 0 radical (unpaired) electrons. The van der Waals surface area contributed by atoms with Crippen LogP contribution in [0.25, 0.3) is 0 Å². The fourth-order valence-electron chi connectivity index (χ4n) is 1.72. The number of benzene rings is 2. The van der Waals surface area contributed by atoms with Gasteiger partial charge in [0, 0.05) is 0 Å². The third kappa shape index (κ3) is 2.76. The average molecular weight is 246 g/mol. The van der Waals surface area contributed by atoms with Crippen molar-refractivity contribution in [2.75, 3.05) is 0 Å². The van der Waals surface area contributed by atoms with E-state index >= 15 is 0 Å². The zero-order valence-corrected chi connectivity index (χ0v) is 9.49. The van der Waals surface area contributed by atoms with E-state index in [1.54, 1.807) is 18.2 Å². The van der Waals surface area contributed by atoms with Gasteiger partial charge in [-0.05, 0) is 28.7 Å². The van der Waals surface area contributed by atoms with Crippen molar-refractivity contribution < 1.29 is 19.5 Å². The molecule has 0 unspecified atom stereocenters. The Bertz CT molecular complexity index is 528. The van der Waals surface area contributed by atoms with Gasteiger partial charge in [0.2, 0.25) is 0 Å². The van der Waals surface area contributed by atoms with Crippen LogP contribution in [0.2, 0.25) is 0 Å². The molecule has 2 aromatic rings. The van der Waals surface area contributed by atoms with Gasteiger partial charge < -0.3 is 15.2 Å². The molecule has 18 heavy (non-hydrogen) atoms. The number of aliphatic hydroxyl groups is 1. The summed E-state index contributed by atoms with van der Waals surface area (Å²) < 4.78 is 13.0. The molecule has 0 fully saturated rings. The van der Waals surface area contributed by atoms with Crippen LogP contribution in [-0.2, 0) is 0 Å². The maximum absolute atomic E-state index is 13.0. The lowest BCUT2D eigenvalue weighted by Gasteiger charge is -2.12. The van der Waals surface area contributed by atoms with Crippen LogP contribution >= 0.6 is 0 Å². The molecule has 2 rings (SSSR count). The first-order chi connectivity index (χ1) is 8.58. The molecule has 0 saturated carbocycles. The maximum Gasteiger partial charge on any atom is 0.488 e. The molecular weight excluding hydrogens is 234 g/mol. The number of aliphatic hydroxyl groups excluding tert-OH is 1. The summed E-state index contributed by atoms with van der Waals surface area (Å²) in [5.41, 5.74) is 1.35. The lowest BCUT2D eigenvalue weighted by Crippen LogP contribution is -2.29. The summed E-state index contributed by atoms with van der Waals surface area (Å²) in [4.78, 5) is 0. The number of hydrogen-bond acceptors (Lipinski definition) is 3. The van der Waals surface area contributed by atoms with E-state index in [1.807, 2.05) is 0 Å². The second kappa shape index (κ2) is 5.31. The van der Waals surface area contributed by atoms with E-state index in [9.17, 15) is 9.50 Å². The Balaban J connectivity index is 2.26. The summed E-state index contributed by atoms with van der Waals surface area (Å²) >= 11 is 0. The van der Waals surface area contributed by atoms with E-state index in [2.05, 4.69) is 0 Å². The lowest BCUT2D eigenvalue weighted by molar-refractivity contribution is 0.220. The van der Waals surface area contributed by atoms with Gasteiger partial charge in [-0.15, -0.1) is 0 Å².